The minimum atomic E-state index is -0.0826. The molecule has 1 fully saturated rings. The van der Waals surface area contributed by atoms with E-state index in [4.69, 9.17) is 14.2 Å². The van der Waals surface area contributed by atoms with Crippen molar-refractivity contribution in [2.45, 2.75) is 194 Å². The van der Waals surface area contributed by atoms with Gasteiger partial charge < -0.3 is 19.1 Å². The Hall–Kier alpha value is -2.06. The zero-order valence-electron chi connectivity index (χ0n) is 33.8. The van der Waals surface area contributed by atoms with Crippen LogP contribution in [0, 0.1) is 11.8 Å². The van der Waals surface area contributed by atoms with Gasteiger partial charge in [0.25, 0.3) is 0 Å². The lowest BCUT2D eigenvalue weighted by molar-refractivity contribution is -0.144. The molecule has 6 heteroatoms. The first kappa shape index (κ1) is 47.0. The average molecular weight is 714 g/mol. The summed E-state index contributed by atoms with van der Waals surface area (Å²) in [6.07, 6.45) is 27.4. The maximum absolute atomic E-state index is 12.7. The lowest BCUT2D eigenvalue weighted by Crippen LogP contribution is -2.20. The van der Waals surface area contributed by atoms with Crippen LogP contribution in [0.4, 0.5) is 0 Å². The Morgan fingerprint density at radius 1 is 0.686 bits per heavy atom. The molecule has 1 heterocycles. The Kier molecular flexibility index (Phi) is 31.1. The van der Waals surface area contributed by atoms with E-state index in [0.29, 0.717) is 32.2 Å². The molecule has 0 N–H and O–H groups in total. The molecule has 2 unspecified atom stereocenters. The summed E-state index contributed by atoms with van der Waals surface area (Å²) in [4.78, 5) is 27.8. The van der Waals surface area contributed by atoms with E-state index in [-0.39, 0.29) is 23.8 Å². The maximum Gasteiger partial charge on any atom is 0.305 e. The summed E-state index contributed by atoms with van der Waals surface area (Å²) in [7, 11) is 2.18. The van der Waals surface area contributed by atoms with Gasteiger partial charge in [0, 0.05) is 19.4 Å². The van der Waals surface area contributed by atoms with Crippen molar-refractivity contribution < 1.29 is 23.8 Å². The van der Waals surface area contributed by atoms with Gasteiger partial charge >= 0.3 is 11.9 Å². The SMILES string of the molecule is C=C=C=C=C1C(CCCCC)CCOC(=O)CCCCCCCC(OCCCCN(C)CC)CCCCCCCC(=O)OCCC1CCCCC. The highest BCUT2D eigenvalue weighted by Gasteiger charge is 2.24. The van der Waals surface area contributed by atoms with Crippen LogP contribution in [0.1, 0.15) is 188 Å². The molecule has 0 aromatic carbocycles. The van der Waals surface area contributed by atoms with Gasteiger partial charge in [-0.3, -0.25) is 9.59 Å². The molecule has 1 aliphatic heterocycles. The molecule has 0 amide bonds. The van der Waals surface area contributed by atoms with Crippen LogP contribution in [0.5, 0.6) is 0 Å². The number of cyclic esters (lactones) is 2. The number of nitrogens with zero attached hydrogens (tertiary/aromatic N) is 1. The van der Waals surface area contributed by atoms with E-state index >= 15 is 0 Å². The normalized spacial score (nSPS) is 22.0. The van der Waals surface area contributed by atoms with Gasteiger partial charge in [-0.2, -0.15) is 0 Å². The van der Waals surface area contributed by atoms with E-state index in [9.17, 15) is 9.59 Å². The third-order valence-corrected chi connectivity index (χ3v) is 10.6. The van der Waals surface area contributed by atoms with E-state index < -0.39 is 0 Å². The molecule has 51 heavy (non-hydrogen) atoms. The maximum atomic E-state index is 12.7. The molecule has 2 atom stereocenters. The average Bonchev–Trinajstić information content (AvgIpc) is 3.12. The minimum Gasteiger partial charge on any atom is -0.466 e. The van der Waals surface area contributed by atoms with Crippen LogP contribution in [-0.4, -0.2) is 62.9 Å². The summed E-state index contributed by atoms with van der Waals surface area (Å²) in [5.41, 5.74) is 10.5. The number of carbonyl (C=O) groups is 2. The predicted molar refractivity (Wildman–Crippen MR) is 213 cm³/mol. The summed E-state index contributed by atoms with van der Waals surface area (Å²) in [6, 6.07) is 0. The van der Waals surface area contributed by atoms with Crippen molar-refractivity contribution in [1.82, 2.24) is 4.90 Å². The first-order valence-electron chi connectivity index (χ1n) is 21.5. The summed E-state index contributed by atoms with van der Waals surface area (Å²) in [5, 5.41) is 0. The molecule has 0 bridgehead atoms. The topological polar surface area (TPSA) is 65.1 Å². The van der Waals surface area contributed by atoms with Gasteiger partial charge in [0.15, 0.2) is 0 Å². The molecule has 0 aromatic heterocycles. The first-order chi connectivity index (χ1) is 24.9. The molecular weight excluding hydrogens is 634 g/mol. The molecule has 1 aliphatic rings. The quantitative estimate of drug-likeness (QED) is 0.0956. The van der Waals surface area contributed by atoms with Crippen molar-refractivity contribution in [3.8, 4) is 0 Å². The van der Waals surface area contributed by atoms with Gasteiger partial charge in [0.05, 0.1) is 19.3 Å². The standard InChI is InChI=1S/C45H79NO5/c1-6-10-19-27-40-34-38-50-44(47)32-23-17-13-15-21-29-42(49-37-26-25-36-46(5)9-4)30-22-16-14-18-24-33-45(48)51-39-35-41(28-20-11-7-2)43(40)31-12-8-3/h40-42H,3,6-7,9-11,13-30,32-39H2,1-2,4-5H3. The van der Waals surface area contributed by atoms with Crippen molar-refractivity contribution in [3.63, 3.8) is 0 Å². The molecule has 1 rings (SSSR count). The summed E-state index contributed by atoms with van der Waals surface area (Å²) in [6.45, 7) is 14.3. The number of hydrogen-bond donors (Lipinski definition) is 0. The second kappa shape index (κ2) is 33.8. The summed E-state index contributed by atoms with van der Waals surface area (Å²) < 4.78 is 18.0. The molecule has 0 saturated carbocycles. The van der Waals surface area contributed by atoms with E-state index in [1.54, 1.807) is 0 Å². The van der Waals surface area contributed by atoms with Crippen molar-refractivity contribution in [1.29, 1.82) is 0 Å². The highest BCUT2D eigenvalue weighted by atomic mass is 16.5. The molecule has 0 aromatic rings. The second-order valence-corrected chi connectivity index (χ2v) is 15.0. The molecule has 1 saturated heterocycles. The van der Waals surface area contributed by atoms with Crippen LogP contribution in [0.2, 0.25) is 0 Å². The van der Waals surface area contributed by atoms with Crippen molar-refractivity contribution >= 4 is 11.9 Å². The number of ether oxygens (including phenoxy) is 3. The lowest BCUT2D eigenvalue weighted by atomic mass is 9.79. The highest BCUT2D eigenvalue weighted by molar-refractivity contribution is 5.69. The van der Waals surface area contributed by atoms with Gasteiger partial charge in [-0.15, -0.1) is 0 Å². The van der Waals surface area contributed by atoms with Crippen LogP contribution in [0.15, 0.2) is 29.3 Å². The van der Waals surface area contributed by atoms with Gasteiger partial charge in [0.2, 0.25) is 0 Å². The van der Waals surface area contributed by atoms with Crippen molar-refractivity contribution in [3.05, 3.63) is 29.3 Å². The fraction of sp³-hybridized carbons (Fsp3) is 0.844. The number of allylic oxidation sites excluding steroid dienone is 1. The minimum absolute atomic E-state index is 0.0826. The fourth-order valence-electron chi connectivity index (χ4n) is 7.17. The van der Waals surface area contributed by atoms with Crippen LogP contribution >= 0.6 is 0 Å². The number of carbonyl (C=O) groups excluding carboxylic acids is 2. The van der Waals surface area contributed by atoms with E-state index in [1.807, 2.05) is 0 Å². The lowest BCUT2D eigenvalue weighted by Gasteiger charge is -2.26. The number of esters is 2. The third kappa shape index (κ3) is 26.4. The number of rotatable bonds is 15. The predicted octanol–water partition coefficient (Wildman–Crippen LogP) is 11.9. The van der Waals surface area contributed by atoms with Gasteiger partial charge in [-0.05, 0) is 114 Å². The fourth-order valence-corrected chi connectivity index (χ4v) is 7.17. The Labute approximate surface area is 314 Å². The first-order valence-corrected chi connectivity index (χ1v) is 21.5. The van der Waals surface area contributed by atoms with E-state index in [1.165, 1.54) is 50.5 Å². The molecule has 0 spiro atoms. The Morgan fingerprint density at radius 3 is 1.69 bits per heavy atom. The van der Waals surface area contributed by atoms with Gasteiger partial charge in [-0.1, -0.05) is 122 Å². The van der Waals surface area contributed by atoms with Crippen LogP contribution in [-0.2, 0) is 23.8 Å². The third-order valence-electron chi connectivity index (χ3n) is 10.6. The molecular formula is C45H79NO5. The highest BCUT2D eigenvalue weighted by Crippen LogP contribution is 2.33. The van der Waals surface area contributed by atoms with Crippen LogP contribution < -0.4 is 0 Å². The van der Waals surface area contributed by atoms with Crippen molar-refractivity contribution in [2.24, 2.45) is 11.8 Å². The van der Waals surface area contributed by atoms with Crippen molar-refractivity contribution in [2.75, 3.05) is 40.0 Å². The monoisotopic (exact) mass is 714 g/mol. The molecule has 0 aliphatic carbocycles. The van der Waals surface area contributed by atoms with Gasteiger partial charge in [-0.25, -0.2) is 0 Å². The number of unbranched alkanes of at least 4 members (excludes halogenated alkanes) is 5. The zero-order chi connectivity index (χ0) is 37.2. The van der Waals surface area contributed by atoms with E-state index in [0.717, 1.165) is 129 Å². The second-order valence-electron chi connectivity index (χ2n) is 15.0. The molecule has 6 nitrogen and oxygen atoms in total. The number of hydrogen-bond acceptors (Lipinski definition) is 6. The summed E-state index contributed by atoms with van der Waals surface area (Å²) >= 11 is 0. The van der Waals surface area contributed by atoms with Crippen LogP contribution in [0.3, 0.4) is 0 Å². The van der Waals surface area contributed by atoms with Crippen LogP contribution in [0.25, 0.3) is 0 Å². The smallest absolute Gasteiger partial charge is 0.305 e. The largest absolute Gasteiger partial charge is 0.466 e. The zero-order valence-corrected chi connectivity index (χ0v) is 33.8. The molecule has 0 radical (unpaired) electrons. The Balaban J connectivity index is 2.91. The van der Waals surface area contributed by atoms with Gasteiger partial charge in [0.1, 0.15) is 0 Å². The Bertz CT molecular complexity index is 939. The Morgan fingerprint density at radius 2 is 1.20 bits per heavy atom. The summed E-state index contributed by atoms with van der Waals surface area (Å²) in [5.74, 6) is 0.310. The van der Waals surface area contributed by atoms with E-state index in [2.05, 4.69) is 56.5 Å². The molecule has 294 valence electrons.